The second kappa shape index (κ2) is 5.04. The van der Waals surface area contributed by atoms with Gasteiger partial charge in [0.25, 0.3) is 0 Å². The van der Waals surface area contributed by atoms with Crippen LogP contribution in [-0.4, -0.2) is 35.6 Å². The molecule has 1 saturated carbocycles. The molecule has 0 amide bonds. The van der Waals surface area contributed by atoms with E-state index in [-0.39, 0.29) is 11.6 Å². The minimum absolute atomic E-state index is 0.194. The number of nitrogens with zero attached hydrogens (tertiary/aromatic N) is 2. The van der Waals surface area contributed by atoms with Crippen molar-refractivity contribution < 1.29 is 0 Å². The van der Waals surface area contributed by atoms with Crippen LogP contribution in [0.25, 0.3) is 0 Å². The van der Waals surface area contributed by atoms with Crippen molar-refractivity contribution in [3.8, 4) is 0 Å². The summed E-state index contributed by atoms with van der Waals surface area (Å²) >= 11 is 1.74. The summed E-state index contributed by atoms with van der Waals surface area (Å²) in [6.45, 7) is 2.04. The van der Waals surface area contributed by atoms with Crippen molar-refractivity contribution in [2.75, 3.05) is 14.1 Å². The van der Waals surface area contributed by atoms with Crippen LogP contribution in [0.4, 0.5) is 0 Å². The first-order valence-corrected chi connectivity index (χ1v) is 7.26. The zero-order chi connectivity index (χ0) is 12.5. The van der Waals surface area contributed by atoms with Gasteiger partial charge in [0.05, 0.1) is 5.01 Å². The lowest BCUT2D eigenvalue weighted by Crippen LogP contribution is -2.56. The van der Waals surface area contributed by atoms with Crippen molar-refractivity contribution in [3.05, 3.63) is 16.1 Å². The van der Waals surface area contributed by atoms with E-state index in [9.17, 15) is 0 Å². The summed E-state index contributed by atoms with van der Waals surface area (Å²) in [6, 6.07) is 0.200. The highest BCUT2D eigenvalue weighted by atomic mass is 32.1. The Balaban J connectivity index is 2.09. The highest BCUT2D eigenvalue weighted by Gasteiger charge is 2.41. The predicted molar refractivity (Wildman–Crippen MR) is 73.4 cm³/mol. The zero-order valence-corrected chi connectivity index (χ0v) is 11.9. The van der Waals surface area contributed by atoms with Crippen molar-refractivity contribution in [1.29, 1.82) is 0 Å². The lowest BCUT2D eigenvalue weighted by atomic mass is 9.85. The Kier molecular flexibility index (Phi) is 3.85. The van der Waals surface area contributed by atoms with Gasteiger partial charge in [-0.05, 0) is 33.9 Å². The fourth-order valence-electron chi connectivity index (χ4n) is 3.01. The molecule has 1 aromatic rings. The van der Waals surface area contributed by atoms with Crippen molar-refractivity contribution >= 4 is 11.3 Å². The molecule has 1 heterocycles. The normalized spacial score (nSPS) is 21.0. The first kappa shape index (κ1) is 13.0. The first-order valence-electron chi connectivity index (χ1n) is 6.38. The Labute approximate surface area is 108 Å². The van der Waals surface area contributed by atoms with Gasteiger partial charge in [-0.1, -0.05) is 12.8 Å². The molecule has 1 aliphatic rings. The lowest BCUT2D eigenvalue weighted by molar-refractivity contribution is 0.123. The molecule has 0 spiro atoms. The molecule has 96 valence electrons. The summed E-state index contributed by atoms with van der Waals surface area (Å²) < 4.78 is 0. The van der Waals surface area contributed by atoms with Crippen LogP contribution in [0.2, 0.25) is 0 Å². The molecule has 2 N–H and O–H groups in total. The number of hydrogen-bond donors (Lipinski definition) is 1. The third-order valence-corrected chi connectivity index (χ3v) is 5.10. The molecule has 17 heavy (non-hydrogen) atoms. The van der Waals surface area contributed by atoms with Gasteiger partial charge >= 0.3 is 0 Å². The number of thiazole rings is 1. The van der Waals surface area contributed by atoms with Gasteiger partial charge in [0.1, 0.15) is 0 Å². The molecule has 0 radical (unpaired) electrons. The second-order valence-corrected chi connectivity index (χ2v) is 6.34. The van der Waals surface area contributed by atoms with E-state index in [0.29, 0.717) is 0 Å². The van der Waals surface area contributed by atoms with Gasteiger partial charge < -0.3 is 10.6 Å². The van der Waals surface area contributed by atoms with E-state index in [4.69, 9.17) is 5.73 Å². The van der Waals surface area contributed by atoms with Gasteiger partial charge in [0.2, 0.25) is 0 Å². The molecule has 1 unspecified atom stereocenters. The third kappa shape index (κ3) is 2.54. The monoisotopic (exact) mass is 253 g/mol. The topological polar surface area (TPSA) is 42.1 Å². The number of likely N-dealkylation sites (N-methyl/N-ethyl adjacent to an activating group) is 1. The van der Waals surface area contributed by atoms with Gasteiger partial charge in [-0.25, -0.2) is 4.98 Å². The summed E-state index contributed by atoms with van der Waals surface area (Å²) in [7, 11) is 4.33. The smallest absolute Gasteiger partial charge is 0.0944 e. The average Bonchev–Trinajstić information content (AvgIpc) is 2.87. The largest absolute Gasteiger partial charge is 0.326 e. The van der Waals surface area contributed by atoms with Crippen molar-refractivity contribution in [1.82, 2.24) is 9.88 Å². The van der Waals surface area contributed by atoms with E-state index >= 15 is 0 Å². The molecule has 1 fully saturated rings. The Bertz CT molecular complexity index is 366. The van der Waals surface area contributed by atoms with E-state index in [0.717, 1.165) is 12.1 Å². The maximum Gasteiger partial charge on any atom is 0.0944 e. The number of rotatable bonds is 4. The van der Waals surface area contributed by atoms with E-state index in [2.05, 4.69) is 29.4 Å². The molecule has 0 bridgehead atoms. The lowest BCUT2D eigenvalue weighted by Gasteiger charge is -2.41. The molecular weight excluding hydrogens is 230 g/mol. The predicted octanol–water partition coefficient (Wildman–Crippen LogP) is 2.20. The SMILES string of the molecule is Cc1csc(CC(N)C2(N(C)C)CCCC2)n1. The van der Waals surface area contributed by atoms with Crippen LogP contribution in [0, 0.1) is 6.92 Å². The molecular formula is C13H23N3S. The molecule has 4 heteroatoms. The molecule has 1 aromatic heterocycles. The fourth-order valence-corrected chi connectivity index (χ4v) is 3.84. The Morgan fingerprint density at radius 2 is 2.12 bits per heavy atom. The van der Waals surface area contributed by atoms with Gasteiger partial charge in [-0.3, -0.25) is 0 Å². The average molecular weight is 253 g/mol. The molecule has 2 rings (SSSR count). The minimum atomic E-state index is 0.194. The minimum Gasteiger partial charge on any atom is -0.326 e. The molecule has 1 atom stereocenters. The molecule has 1 aliphatic carbocycles. The van der Waals surface area contributed by atoms with Gasteiger partial charge in [0, 0.05) is 29.1 Å². The molecule has 0 aromatic carbocycles. The fraction of sp³-hybridized carbons (Fsp3) is 0.769. The molecule has 0 aliphatic heterocycles. The van der Waals surface area contributed by atoms with Crippen LogP contribution in [0.3, 0.4) is 0 Å². The van der Waals surface area contributed by atoms with Crippen LogP contribution in [-0.2, 0) is 6.42 Å². The van der Waals surface area contributed by atoms with Crippen molar-refractivity contribution in [2.45, 2.75) is 50.6 Å². The van der Waals surface area contributed by atoms with Gasteiger partial charge in [-0.2, -0.15) is 0 Å². The van der Waals surface area contributed by atoms with Gasteiger partial charge in [-0.15, -0.1) is 11.3 Å². The highest BCUT2D eigenvalue weighted by Crippen LogP contribution is 2.37. The second-order valence-electron chi connectivity index (χ2n) is 5.40. The van der Waals surface area contributed by atoms with E-state index in [1.54, 1.807) is 11.3 Å². The van der Waals surface area contributed by atoms with Crippen LogP contribution in [0.5, 0.6) is 0 Å². The Morgan fingerprint density at radius 3 is 2.59 bits per heavy atom. The summed E-state index contributed by atoms with van der Waals surface area (Å²) in [5.74, 6) is 0. The Morgan fingerprint density at radius 1 is 1.47 bits per heavy atom. The van der Waals surface area contributed by atoms with Crippen LogP contribution < -0.4 is 5.73 Å². The van der Waals surface area contributed by atoms with E-state index in [1.807, 2.05) is 6.92 Å². The zero-order valence-electron chi connectivity index (χ0n) is 11.1. The maximum atomic E-state index is 6.48. The number of nitrogens with two attached hydrogens (primary N) is 1. The summed E-state index contributed by atoms with van der Waals surface area (Å²) in [4.78, 5) is 6.87. The third-order valence-electron chi connectivity index (χ3n) is 4.11. The molecule has 0 saturated heterocycles. The van der Waals surface area contributed by atoms with E-state index in [1.165, 1.54) is 30.7 Å². The van der Waals surface area contributed by atoms with Crippen molar-refractivity contribution in [2.24, 2.45) is 5.73 Å². The summed E-state index contributed by atoms with van der Waals surface area (Å²) in [6.07, 6.45) is 5.99. The number of aromatic nitrogens is 1. The van der Waals surface area contributed by atoms with Crippen LogP contribution >= 0.6 is 11.3 Å². The number of hydrogen-bond acceptors (Lipinski definition) is 4. The first-order chi connectivity index (χ1) is 8.04. The van der Waals surface area contributed by atoms with Gasteiger partial charge in [0.15, 0.2) is 0 Å². The Hall–Kier alpha value is -0.450. The summed E-state index contributed by atoms with van der Waals surface area (Å²) in [5.41, 5.74) is 7.79. The van der Waals surface area contributed by atoms with E-state index < -0.39 is 0 Å². The maximum absolute atomic E-state index is 6.48. The number of aryl methyl sites for hydroxylation is 1. The van der Waals surface area contributed by atoms with Crippen LogP contribution in [0.1, 0.15) is 36.4 Å². The standard InChI is InChI=1S/C13H23N3S/c1-10-9-17-12(15-10)8-11(14)13(16(2)3)6-4-5-7-13/h9,11H,4-8,14H2,1-3H3. The van der Waals surface area contributed by atoms with Crippen molar-refractivity contribution in [3.63, 3.8) is 0 Å². The quantitative estimate of drug-likeness (QED) is 0.894. The van der Waals surface area contributed by atoms with Crippen LogP contribution in [0.15, 0.2) is 5.38 Å². The molecule has 3 nitrogen and oxygen atoms in total. The summed E-state index contributed by atoms with van der Waals surface area (Å²) in [5, 5.41) is 3.29. The highest BCUT2D eigenvalue weighted by molar-refractivity contribution is 7.09.